The highest BCUT2D eigenvalue weighted by Crippen LogP contribution is 2.43. The quantitative estimate of drug-likeness (QED) is 0.422. The number of fused-ring (bicyclic) bond motifs is 1. The summed E-state index contributed by atoms with van der Waals surface area (Å²) in [6.07, 6.45) is 0.975. The van der Waals surface area contributed by atoms with E-state index in [2.05, 4.69) is 39.9 Å². The molecule has 0 saturated heterocycles. The minimum atomic E-state index is -0.905. The highest BCUT2D eigenvalue weighted by atomic mass is 28.3. The van der Waals surface area contributed by atoms with E-state index in [9.17, 15) is 14.9 Å². The van der Waals surface area contributed by atoms with Gasteiger partial charge in [0.05, 0.1) is 11.6 Å². The van der Waals surface area contributed by atoms with Crippen LogP contribution in [0.25, 0.3) is 0 Å². The van der Waals surface area contributed by atoms with Crippen molar-refractivity contribution in [1.29, 1.82) is 5.26 Å². The lowest BCUT2D eigenvalue weighted by Crippen LogP contribution is -2.54. The van der Waals surface area contributed by atoms with E-state index in [0.29, 0.717) is 23.5 Å². The van der Waals surface area contributed by atoms with Gasteiger partial charge in [0.1, 0.15) is 17.4 Å². The van der Waals surface area contributed by atoms with E-state index in [-0.39, 0.29) is 16.9 Å². The zero-order chi connectivity index (χ0) is 26.1. The monoisotopic (exact) mass is 495 g/mol. The van der Waals surface area contributed by atoms with Crippen LogP contribution in [0.2, 0.25) is 13.1 Å². The molecule has 1 radical (unpaired) electrons. The van der Waals surface area contributed by atoms with E-state index in [1.807, 2.05) is 19.9 Å². The summed E-state index contributed by atoms with van der Waals surface area (Å²) in [5.74, 6) is 0.125. The minimum absolute atomic E-state index is 0.0395. The third-order valence-electron chi connectivity index (χ3n) is 6.35. The molecule has 0 fully saturated rings. The van der Waals surface area contributed by atoms with Crippen LogP contribution in [-0.2, 0) is 14.0 Å². The number of aromatic nitrogens is 1. The minimum Gasteiger partial charge on any atom is -0.484 e. The van der Waals surface area contributed by atoms with Gasteiger partial charge in [-0.05, 0) is 62.2 Å². The van der Waals surface area contributed by atoms with Gasteiger partial charge in [0.25, 0.3) is 5.56 Å². The second-order valence-corrected chi connectivity index (χ2v) is 13.0. The normalized spacial score (nSPS) is 19.9. The lowest BCUT2D eigenvalue weighted by Gasteiger charge is -2.44. The van der Waals surface area contributed by atoms with Crippen LogP contribution in [0, 0.1) is 16.7 Å². The van der Waals surface area contributed by atoms with E-state index < -0.39 is 32.8 Å². The highest BCUT2D eigenvalue weighted by Gasteiger charge is 2.47. The predicted octanol–water partition coefficient (Wildman–Crippen LogP) is 4.81. The summed E-state index contributed by atoms with van der Waals surface area (Å²) in [6.45, 7) is 16.2. The molecule has 1 aromatic heterocycles. The van der Waals surface area contributed by atoms with Gasteiger partial charge in [0, 0.05) is 37.3 Å². The molecule has 0 amide bonds. The summed E-state index contributed by atoms with van der Waals surface area (Å²) < 4.78 is 19.5. The van der Waals surface area contributed by atoms with Crippen molar-refractivity contribution in [3.63, 3.8) is 0 Å². The molecule has 2 aromatic rings. The SMILES string of the molecule is CC(=O)O[C@H]1[C@H](n2ccc(C(CO[Si](C)C)C(C)(C)C)cc2=O)c2cc(C#N)ccc2OC1(C)C. The Morgan fingerprint density at radius 1 is 1.26 bits per heavy atom. The average Bonchev–Trinajstić information content (AvgIpc) is 2.73. The maximum atomic E-state index is 13.6. The Hall–Kier alpha value is -2.89. The third-order valence-corrected chi connectivity index (χ3v) is 7.10. The number of hydrogen-bond acceptors (Lipinski definition) is 6. The molecule has 0 N–H and O–H groups in total. The molecule has 0 spiro atoms. The van der Waals surface area contributed by atoms with Gasteiger partial charge < -0.3 is 18.5 Å². The lowest BCUT2D eigenvalue weighted by molar-refractivity contribution is -0.163. The molecule has 0 saturated carbocycles. The van der Waals surface area contributed by atoms with Gasteiger partial charge in [0.2, 0.25) is 9.04 Å². The largest absolute Gasteiger partial charge is 0.484 e. The molecule has 1 aliphatic heterocycles. The van der Waals surface area contributed by atoms with E-state index in [4.69, 9.17) is 13.9 Å². The summed E-state index contributed by atoms with van der Waals surface area (Å²) in [7, 11) is -0.874. The Labute approximate surface area is 209 Å². The summed E-state index contributed by atoms with van der Waals surface area (Å²) in [6, 6.07) is 10.2. The number of benzene rings is 1. The van der Waals surface area contributed by atoms with Crippen LogP contribution in [0.5, 0.6) is 5.75 Å². The summed E-state index contributed by atoms with van der Waals surface area (Å²) in [5.41, 5.74) is 0.740. The lowest BCUT2D eigenvalue weighted by atomic mass is 9.77. The first-order valence-electron chi connectivity index (χ1n) is 11.8. The Morgan fingerprint density at radius 3 is 2.49 bits per heavy atom. The first kappa shape index (κ1) is 26.7. The number of nitriles is 1. The topological polar surface area (TPSA) is 90.5 Å². The second-order valence-electron chi connectivity index (χ2n) is 10.9. The molecule has 7 nitrogen and oxygen atoms in total. The Bertz CT molecular complexity index is 1190. The number of carbonyl (C=O) groups is 1. The van der Waals surface area contributed by atoms with Crippen molar-refractivity contribution in [3.05, 3.63) is 63.6 Å². The number of carbonyl (C=O) groups excluding carboxylic acids is 1. The van der Waals surface area contributed by atoms with Crippen molar-refractivity contribution in [1.82, 2.24) is 4.57 Å². The molecule has 1 aliphatic rings. The summed E-state index contributed by atoms with van der Waals surface area (Å²) in [4.78, 5) is 25.6. The molecular formula is C27H35N2O5Si. The molecule has 0 aliphatic carbocycles. The molecular weight excluding hydrogens is 460 g/mol. The van der Waals surface area contributed by atoms with Crippen molar-refractivity contribution in [2.45, 2.75) is 78.3 Å². The van der Waals surface area contributed by atoms with Crippen molar-refractivity contribution in [3.8, 4) is 11.8 Å². The molecule has 1 aromatic carbocycles. The first-order chi connectivity index (χ1) is 16.2. The zero-order valence-electron chi connectivity index (χ0n) is 21.8. The number of ether oxygens (including phenoxy) is 2. The fourth-order valence-electron chi connectivity index (χ4n) is 4.56. The average molecular weight is 496 g/mol. The van der Waals surface area contributed by atoms with Crippen molar-refractivity contribution < 1.29 is 18.7 Å². The Kier molecular flexibility index (Phi) is 7.63. The molecule has 2 heterocycles. The van der Waals surface area contributed by atoms with Crippen LogP contribution >= 0.6 is 0 Å². The van der Waals surface area contributed by atoms with Gasteiger partial charge in [-0.15, -0.1) is 0 Å². The van der Waals surface area contributed by atoms with Crippen molar-refractivity contribution >= 4 is 15.0 Å². The Morgan fingerprint density at radius 2 is 1.94 bits per heavy atom. The van der Waals surface area contributed by atoms with Crippen LogP contribution in [0.3, 0.4) is 0 Å². The van der Waals surface area contributed by atoms with Gasteiger partial charge in [-0.1, -0.05) is 20.8 Å². The molecule has 8 heteroatoms. The number of pyridine rings is 1. The van der Waals surface area contributed by atoms with Gasteiger partial charge >= 0.3 is 5.97 Å². The fourth-order valence-corrected chi connectivity index (χ4v) is 5.06. The van der Waals surface area contributed by atoms with E-state index >= 15 is 0 Å². The maximum Gasteiger partial charge on any atom is 0.303 e. The number of nitrogens with zero attached hydrogens (tertiary/aromatic N) is 2. The first-order valence-corrected chi connectivity index (χ1v) is 14.2. The maximum absolute atomic E-state index is 13.6. The van der Waals surface area contributed by atoms with Crippen LogP contribution < -0.4 is 10.3 Å². The molecule has 187 valence electrons. The van der Waals surface area contributed by atoms with Gasteiger partial charge in [0.15, 0.2) is 6.10 Å². The standard InChI is InChI=1S/C27H35N2O5Si/c1-17(30)33-25-24(20-13-18(15-28)9-10-22(20)34-27(25,5)6)29-12-11-19(14-23(29)31)21(26(2,3)4)16-32-35(7)8/h9-14,21,24-25H,16H2,1-8H3/t21?,24-,25+/m1/s1. The van der Waals surface area contributed by atoms with E-state index in [0.717, 1.165) is 5.56 Å². The molecule has 1 unspecified atom stereocenters. The summed E-state index contributed by atoms with van der Waals surface area (Å²) >= 11 is 0. The van der Waals surface area contributed by atoms with E-state index in [1.54, 1.807) is 35.0 Å². The van der Waals surface area contributed by atoms with Gasteiger partial charge in [-0.3, -0.25) is 9.59 Å². The number of hydrogen-bond donors (Lipinski definition) is 0. The summed E-state index contributed by atoms with van der Waals surface area (Å²) in [5, 5.41) is 9.47. The second kappa shape index (κ2) is 10.00. The van der Waals surface area contributed by atoms with Crippen molar-refractivity contribution in [2.24, 2.45) is 5.41 Å². The molecule has 3 rings (SSSR count). The van der Waals surface area contributed by atoms with Crippen molar-refractivity contribution in [2.75, 3.05) is 6.61 Å². The van der Waals surface area contributed by atoms with Crippen LogP contribution in [0.1, 0.15) is 70.2 Å². The van der Waals surface area contributed by atoms with Crippen LogP contribution in [-0.4, -0.2) is 37.9 Å². The van der Waals surface area contributed by atoms with Gasteiger partial charge in [-0.2, -0.15) is 5.26 Å². The fraction of sp³-hybridized carbons (Fsp3) is 0.519. The molecule has 3 atom stereocenters. The van der Waals surface area contributed by atoms with Crippen LogP contribution in [0.15, 0.2) is 41.3 Å². The number of esters is 1. The smallest absolute Gasteiger partial charge is 0.303 e. The van der Waals surface area contributed by atoms with Crippen LogP contribution in [0.4, 0.5) is 0 Å². The Balaban J connectivity index is 2.16. The highest BCUT2D eigenvalue weighted by molar-refractivity contribution is 6.48. The van der Waals surface area contributed by atoms with E-state index in [1.165, 1.54) is 6.92 Å². The zero-order valence-corrected chi connectivity index (χ0v) is 22.8. The molecule has 35 heavy (non-hydrogen) atoms. The number of rotatable bonds is 6. The van der Waals surface area contributed by atoms with Gasteiger partial charge in [-0.25, -0.2) is 0 Å². The predicted molar refractivity (Wildman–Crippen MR) is 136 cm³/mol. The third kappa shape index (κ3) is 5.85. The molecule has 0 bridgehead atoms.